The molecule has 0 aromatic carbocycles. The smallest absolute Gasteiger partial charge is 0.0300 e. The largest absolute Gasteiger partial charge is 0.314 e. The van der Waals surface area contributed by atoms with Crippen LogP contribution in [0.25, 0.3) is 0 Å². The highest BCUT2D eigenvalue weighted by atomic mass is 14.9. The summed E-state index contributed by atoms with van der Waals surface area (Å²) in [5, 5.41) is 3.65. The molecule has 1 aromatic rings. The fraction of sp³-hybridized carbons (Fsp3) is 0.667. The van der Waals surface area contributed by atoms with Gasteiger partial charge < -0.3 is 5.32 Å². The normalized spacial score (nSPS) is 12.6. The van der Waals surface area contributed by atoms with Crippen molar-refractivity contribution in [2.75, 3.05) is 6.54 Å². The zero-order valence-electron chi connectivity index (χ0n) is 11.3. The summed E-state index contributed by atoms with van der Waals surface area (Å²) >= 11 is 0. The van der Waals surface area contributed by atoms with Crippen LogP contribution in [0.1, 0.15) is 51.5 Å². The number of nitrogens with one attached hydrogen (secondary N) is 1. The monoisotopic (exact) mass is 234 g/mol. The van der Waals surface area contributed by atoms with Gasteiger partial charge in [0.15, 0.2) is 0 Å². The Morgan fingerprint density at radius 1 is 1.24 bits per heavy atom. The lowest BCUT2D eigenvalue weighted by Crippen LogP contribution is -2.31. The number of rotatable bonds is 9. The lowest BCUT2D eigenvalue weighted by Gasteiger charge is -2.18. The fourth-order valence-electron chi connectivity index (χ4n) is 2.07. The molecule has 17 heavy (non-hydrogen) atoms. The molecule has 0 bridgehead atoms. The van der Waals surface area contributed by atoms with Gasteiger partial charge in [0, 0.05) is 18.4 Å². The first-order chi connectivity index (χ1) is 8.36. The predicted molar refractivity (Wildman–Crippen MR) is 74.2 cm³/mol. The Balaban J connectivity index is 2.39. The molecule has 96 valence electrons. The van der Waals surface area contributed by atoms with Crippen molar-refractivity contribution in [3.05, 3.63) is 30.1 Å². The van der Waals surface area contributed by atoms with Crippen molar-refractivity contribution >= 4 is 0 Å². The Kier molecular flexibility index (Phi) is 7.65. The van der Waals surface area contributed by atoms with E-state index in [1.54, 1.807) is 0 Å². The standard InChI is InChI=1S/C15H26N2/c1-3-5-6-9-15(17-10-4-2)12-14-8-7-11-16-13-14/h7-8,11,13,15,17H,3-6,9-10,12H2,1-2H3. The minimum atomic E-state index is 0.616. The van der Waals surface area contributed by atoms with E-state index in [1.807, 2.05) is 18.5 Å². The lowest BCUT2D eigenvalue weighted by molar-refractivity contribution is 0.456. The molecule has 1 aromatic heterocycles. The molecule has 2 heteroatoms. The van der Waals surface area contributed by atoms with Crippen LogP contribution in [0.15, 0.2) is 24.5 Å². The number of nitrogens with zero attached hydrogens (tertiary/aromatic N) is 1. The van der Waals surface area contributed by atoms with Crippen LogP contribution in [0, 0.1) is 0 Å². The first-order valence-electron chi connectivity index (χ1n) is 6.99. The molecule has 0 aliphatic heterocycles. The van der Waals surface area contributed by atoms with Gasteiger partial charge in [0.2, 0.25) is 0 Å². The van der Waals surface area contributed by atoms with Gasteiger partial charge in [0.05, 0.1) is 0 Å². The van der Waals surface area contributed by atoms with Crippen molar-refractivity contribution in [3.8, 4) is 0 Å². The van der Waals surface area contributed by atoms with Gasteiger partial charge in [-0.2, -0.15) is 0 Å². The summed E-state index contributed by atoms with van der Waals surface area (Å²) < 4.78 is 0. The molecular formula is C15H26N2. The van der Waals surface area contributed by atoms with Crippen molar-refractivity contribution < 1.29 is 0 Å². The van der Waals surface area contributed by atoms with Gasteiger partial charge in [-0.25, -0.2) is 0 Å². The van der Waals surface area contributed by atoms with E-state index in [0.717, 1.165) is 13.0 Å². The molecule has 1 heterocycles. The van der Waals surface area contributed by atoms with E-state index >= 15 is 0 Å². The van der Waals surface area contributed by atoms with Crippen molar-refractivity contribution in [2.24, 2.45) is 0 Å². The molecule has 0 saturated heterocycles. The topological polar surface area (TPSA) is 24.9 Å². The van der Waals surface area contributed by atoms with E-state index in [0.29, 0.717) is 6.04 Å². The molecular weight excluding hydrogens is 208 g/mol. The van der Waals surface area contributed by atoms with Crippen LogP contribution < -0.4 is 5.32 Å². The van der Waals surface area contributed by atoms with E-state index in [4.69, 9.17) is 0 Å². The maximum atomic E-state index is 4.19. The molecule has 1 unspecified atom stereocenters. The van der Waals surface area contributed by atoms with E-state index in [9.17, 15) is 0 Å². The van der Waals surface area contributed by atoms with Crippen LogP contribution in [0.5, 0.6) is 0 Å². The van der Waals surface area contributed by atoms with Crippen LogP contribution in [-0.4, -0.2) is 17.6 Å². The summed E-state index contributed by atoms with van der Waals surface area (Å²) in [6, 6.07) is 4.82. The van der Waals surface area contributed by atoms with Gasteiger partial charge in [0.25, 0.3) is 0 Å². The van der Waals surface area contributed by atoms with Gasteiger partial charge >= 0.3 is 0 Å². The number of hydrogen-bond donors (Lipinski definition) is 1. The Morgan fingerprint density at radius 2 is 2.12 bits per heavy atom. The third kappa shape index (κ3) is 6.42. The minimum Gasteiger partial charge on any atom is -0.314 e. The quantitative estimate of drug-likeness (QED) is 0.661. The van der Waals surface area contributed by atoms with Crippen LogP contribution in [0.4, 0.5) is 0 Å². The van der Waals surface area contributed by atoms with Gasteiger partial charge in [-0.3, -0.25) is 4.98 Å². The fourth-order valence-corrected chi connectivity index (χ4v) is 2.07. The first kappa shape index (κ1) is 14.2. The summed E-state index contributed by atoms with van der Waals surface area (Å²) in [6.07, 6.45) is 11.4. The molecule has 0 aliphatic rings. The Labute approximate surface area is 106 Å². The predicted octanol–water partition coefficient (Wildman–Crippen LogP) is 3.57. The van der Waals surface area contributed by atoms with Crippen molar-refractivity contribution in [3.63, 3.8) is 0 Å². The van der Waals surface area contributed by atoms with Crippen LogP contribution >= 0.6 is 0 Å². The molecule has 0 amide bonds. The highest BCUT2D eigenvalue weighted by Crippen LogP contribution is 2.09. The minimum absolute atomic E-state index is 0.616. The number of aromatic nitrogens is 1. The molecule has 0 radical (unpaired) electrons. The Hall–Kier alpha value is -0.890. The zero-order chi connectivity index (χ0) is 12.3. The lowest BCUT2D eigenvalue weighted by atomic mass is 10.0. The molecule has 0 saturated carbocycles. The van der Waals surface area contributed by atoms with Crippen molar-refractivity contribution in [1.82, 2.24) is 10.3 Å². The third-order valence-electron chi connectivity index (χ3n) is 3.04. The van der Waals surface area contributed by atoms with Gasteiger partial charge in [-0.15, -0.1) is 0 Å². The second-order valence-corrected chi connectivity index (χ2v) is 4.71. The molecule has 0 spiro atoms. The summed E-state index contributed by atoms with van der Waals surface area (Å²) in [7, 11) is 0. The maximum absolute atomic E-state index is 4.19. The Morgan fingerprint density at radius 3 is 2.76 bits per heavy atom. The second-order valence-electron chi connectivity index (χ2n) is 4.71. The Bertz CT molecular complexity index is 272. The second kappa shape index (κ2) is 9.17. The number of pyridine rings is 1. The first-order valence-corrected chi connectivity index (χ1v) is 6.99. The highest BCUT2D eigenvalue weighted by molar-refractivity contribution is 5.10. The maximum Gasteiger partial charge on any atom is 0.0300 e. The summed E-state index contributed by atoms with van der Waals surface area (Å²) in [6.45, 7) is 5.60. The molecule has 1 N–H and O–H groups in total. The van der Waals surface area contributed by atoms with E-state index < -0.39 is 0 Å². The summed E-state index contributed by atoms with van der Waals surface area (Å²) in [5.74, 6) is 0. The molecule has 0 aliphatic carbocycles. The SMILES string of the molecule is CCCCCC(Cc1cccnc1)NCCC. The van der Waals surface area contributed by atoms with E-state index in [2.05, 4.69) is 30.2 Å². The zero-order valence-corrected chi connectivity index (χ0v) is 11.3. The van der Waals surface area contributed by atoms with Crippen LogP contribution in [0.2, 0.25) is 0 Å². The average Bonchev–Trinajstić information content (AvgIpc) is 2.37. The van der Waals surface area contributed by atoms with Crippen molar-refractivity contribution in [2.45, 2.75) is 58.4 Å². The van der Waals surface area contributed by atoms with Gasteiger partial charge in [0.1, 0.15) is 0 Å². The van der Waals surface area contributed by atoms with Crippen molar-refractivity contribution in [1.29, 1.82) is 0 Å². The molecule has 1 rings (SSSR count). The average molecular weight is 234 g/mol. The van der Waals surface area contributed by atoms with Gasteiger partial charge in [-0.05, 0) is 37.4 Å². The number of hydrogen-bond acceptors (Lipinski definition) is 2. The highest BCUT2D eigenvalue weighted by Gasteiger charge is 2.08. The molecule has 0 fully saturated rings. The van der Waals surface area contributed by atoms with E-state index in [1.165, 1.54) is 37.7 Å². The number of unbranched alkanes of at least 4 members (excludes halogenated alkanes) is 2. The van der Waals surface area contributed by atoms with Crippen LogP contribution in [0.3, 0.4) is 0 Å². The summed E-state index contributed by atoms with van der Waals surface area (Å²) in [4.78, 5) is 4.19. The molecule has 1 atom stereocenters. The van der Waals surface area contributed by atoms with Gasteiger partial charge in [-0.1, -0.05) is 39.2 Å². The van der Waals surface area contributed by atoms with E-state index in [-0.39, 0.29) is 0 Å². The molecule has 2 nitrogen and oxygen atoms in total. The summed E-state index contributed by atoms with van der Waals surface area (Å²) in [5.41, 5.74) is 1.35. The third-order valence-corrected chi connectivity index (χ3v) is 3.04. The van der Waals surface area contributed by atoms with Crippen LogP contribution in [-0.2, 0) is 6.42 Å².